The largest absolute Gasteiger partial charge is 0.780 e. The summed E-state index contributed by atoms with van der Waals surface area (Å²) < 4.78 is 32.2. The predicted molar refractivity (Wildman–Crippen MR) is 91.6 cm³/mol. The molecule has 0 aromatic heterocycles. The average Bonchev–Trinajstić information content (AvgIpc) is 3.08. The summed E-state index contributed by atoms with van der Waals surface area (Å²) in [5.41, 5.74) is 0. The topological polar surface area (TPSA) is 78.4 Å². The summed E-state index contributed by atoms with van der Waals surface area (Å²) in [6.45, 7) is -3.48. The zero-order valence-electron chi connectivity index (χ0n) is 13.7. The molecule has 0 N–H and O–H groups in total. The smallest absolute Gasteiger partial charge is 0.116 e. The van der Waals surface area contributed by atoms with E-state index in [-0.39, 0.29) is 25.3 Å². The third-order valence-electron chi connectivity index (χ3n) is 3.97. The summed E-state index contributed by atoms with van der Waals surface area (Å²) in [6.07, 6.45) is -0.647. The van der Waals surface area contributed by atoms with Gasteiger partial charge in [0.05, 0.1) is 32.6 Å². The summed E-state index contributed by atoms with van der Waals surface area (Å²) >= 11 is 4.97. The molecule has 2 saturated heterocycles. The highest BCUT2D eigenvalue weighted by Crippen LogP contribution is 2.44. The van der Waals surface area contributed by atoms with Gasteiger partial charge in [-0.25, -0.2) is 0 Å². The lowest BCUT2D eigenvalue weighted by molar-refractivity contribution is -0.215. The maximum Gasteiger partial charge on any atom is 0.116 e. The second kappa shape index (κ2) is 9.49. The molecule has 2 aliphatic rings. The Labute approximate surface area is 151 Å². The quantitative estimate of drug-likeness (QED) is 0.370. The van der Waals surface area contributed by atoms with E-state index in [1.165, 1.54) is 14.3 Å². The number of rotatable bonds is 9. The minimum Gasteiger partial charge on any atom is -0.780 e. The normalized spacial score (nSPS) is 39.0. The van der Waals surface area contributed by atoms with Crippen LogP contribution in [0.15, 0.2) is 0 Å². The number of hydrogen-bond donors (Lipinski definition) is 0. The molecule has 0 spiro atoms. The van der Waals surface area contributed by atoms with Crippen LogP contribution in [0.1, 0.15) is 12.8 Å². The van der Waals surface area contributed by atoms with Crippen molar-refractivity contribution in [2.75, 3.05) is 27.4 Å². The molecule has 2 heterocycles. The summed E-state index contributed by atoms with van der Waals surface area (Å²) in [5, 5.41) is 0. The van der Waals surface area contributed by atoms with Crippen molar-refractivity contribution in [1.82, 2.24) is 0 Å². The minimum atomic E-state index is -3.73. The van der Waals surface area contributed by atoms with E-state index in [0.29, 0.717) is 12.8 Å². The molecule has 24 heavy (non-hydrogen) atoms. The van der Waals surface area contributed by atoms with E-state index in [1.807, 2.05) is 0 Å². The first-order chi connectivity index (χ1) is 11.4. The van der Waals surface area contributed by atoms with Gasteiger partial charge in [-0.2, -0.15) is 0 Å². The standard InChI is InChI=1S/C12H21B3O7PS/c1-17-5-9-8(3-11(13)20-9)22-23(16,24)19-6-10-7(18-2)4-12(15-14)21-10/h7-12H,3-6H2,1-2H3,(H,16,24)/p-1/t7-,8-,9-,10-,11-,12-,23?/m1/s1. The molecular weight excluding hydrogens is 352 g/mol. The van der Waals surface area contributed by atoms with Gasteiger partial charge in [-0.1, -0.05) is 11.8 Å². The lowest BCUT2D eigenvalue weighted by Gasteiger charge is -2.33. The van der Waals surface area contributed by atoms with Crippen LogP contribution in [0, 0.1) is 0 Å². The summed E-state index contributed by atoms with van der Waals surface area (Å²) in [5.74, 6) is 0. The van der Waals surface area contributed by atoms with E-state index in [2.05, 4.69) is 0 Å². The molecule has 0 amide bonds. The molecule has 7 nitrogen and oxygen atoms in total. The second-order valence-corrected chi connectivity index (χ2v) is 8.41. The Morgan fingerprint density at radius 2 is 1.92 bits per heavy atom. The van der Waals surface area contributed by atoms with Gasteiger partial charge >= 0.3 is 0 Å². The van der Waals surface area contributed by atoms with Crippen LogP contribution >= 0.6 is 6.72 Å². The van der Waals surface area contributed by atoms with E-state index in [4.69, 9.17) is 55.4 Å². The Bertz CT molecular complexity index is 449. The van der Waals surface area contributed by atoms with Crippen molar-refractivity contribution in [2.45, 2.75) is 49.3 Å². The zero-order valence-corrected chi connectivity index (χ0v) is 15.4. The molecule has 0 bridgehead atoms. The molecule has 131 valence electrons. The Kier molecular flexibility index (Phi) is 8.25. The van der Waals surface area contributed by atoms with E-state index < -0.39 is 31.0 Å². The van der Waals surface area contributed by atoms with Crippen LogP contribution in [0.3, 0.4) is 0 Å². The van der Waals surface area contributed by atoms with Crippen LogP contribution in [-0.4, -0.2) is 86.6 Å². The van der Waals surface area contributed by atoms with Crippen LogP contribution in [0.25, 0.3) is 0 Å². The van der Waals surface area contributed by atoms with Gasteiger partial charge in [-0.3, -0.25) is 0 Å². The first-order valence-corrected chi connectivity index (χ1v) is 10.2. The van der Waals surface area contributed by atoms with Crippen LogP contribution in [0.2, 0.25) is 0 Å². The molecular formula is C12H20B3O7PS-. The van der Waals surface area contributed by atoms with Crippen LogP contribution in [0.5, 0.6) is 0 Å². The molecule has 0 saturated carbocycles. The van der Waals surface area contributed by atoms with Crippen molar-refractivity contribution < 1.29 is 32.9 Å². The van der Waals surface area contributed by atoms with Crippen LogP contribution in [0.4, 0.5) is 0 Å². The minimum absolute atomic E-state index is 0.0157. The number of ether oxygens (including phenoxy) is 4. The van der Waals surface area contributed by atoms with Crippen molar-refractivity contribution in [1.29, 1.82) is 0 Å². The van der Waals surface area contributed by atoms with E-state index in [0.717, 1.165) is 0 Å². The molecule has 12 heteroatoms. The Morgan fingerprint density at radius 3 is 2.54 bits per heavy atom. The van der Waals surface area contributed by atoms with E-state index in [9.17, 15) is 4.89 Å². The number of methoxy groups -OCH3 is 2. The fraction of sp³-hybridized carbons (Fsp3) is 1.00. The fourth-order valence-corrected chi connectivity index (χ4v) is 4.26. The van der Waals surface area contributed by atoms with Crippen molar-refractivity contribution in [3.05, 3.63) is 0 Å². The van der Waals surface area contributed by atoms with Gasteiger partial charge in [0.15, 0.2) is 0 Å². The van der Waals surface area contributed by atoms with Gasteiger partial charge in [-0.05, 0) is 12.8 Å². The monoisotopic (exact) mass is 372 g/mol. The van der Waals surface area contributed by atoms with Gasteiger partial charge in [0, 0.05) is 34.0 Å². The van der Waals surface area contributed by atoms with Gasteiger partial charge in [-0.15, -0.1) is 0 Å². The molecule has 5 radical (unpaired) electrons. The third kappa shape index (κ3) is 5.79. The molecule has 1 unspecified atom stereocenters. The van der Waals surface area contributed by atoms with Crippen molar-refractivity contribution in [3.8, 4) is 0 Å². The highest BCUT2D eigenvalue weighted by Gasteiger charge is 2.37. The Morgan fingerprint density at radius 1 is 1.21 bits per heavy atom. The van der Waals surface area contributed by atoms with E-state index >= 15 is 0 Å². The van der Waals surface area contributed by atoms with Gasteiger partial charge < -0.3 is 32.9 Å². The van der Waals surface area contributed by atoms with Crippen molar-refractivity contribution in [3.63, 3.8) is 0 Å². The Hall–Kier alpha value is 0.565. The molecule has 7 atom stereocenters. The van der Waals surface area contributed by atoms with Gasteiger partial charge in [0.2, 0.25) is 0 Å². The molecule has 2 rings (SSSR count). The molecule has 2 aliphatic heterocycles. The maximum atomic E-state index is 12.4. The summed E-state index contributed by atoms with van der Waals surface area (Å²) in [6, 6.07) is -0.747. The lowest BCUT2D eigenvalue weighted by Crippen LogP contribution is -2.32. The lowest BCUT2D eigenvalue weighted by atomic mass is 9.51. The van der Waals surface area contributed by atoms with Crippen molar-refractivity contribution >= 4 is 41.3 Å². The molecule has 2 fully saturated rings. The molecule has 0 aliphatic carbocycles. The SMILES string of the molecule is [B][B][C@H]1C[C@@H](OC)[C@@H](COP([O-])(=S)O[C@@H]2C[C@H]([B])O[C@@H]2COC)O1. The Balaban J connectivity index is 1.85. The third-order valence-corrected chi connectivity index (χ3v) is 5.54. The average molecular weight is 372 g/mol. The predicted octanol–water partition coefficient (Wildman–Crippen LogP) is -1.18. The van der Waals surface area contributed by atoms with Crippen molar-refractivity contribution in [2.24, 2.45) is 0 Å². The van der Waals surface area contributed by atoms with Gasteiger partial charge in [0.25, 0.3) is 0 Å². The molecule has 0 aromatic rings. The first kappa shape index (κ1) is 20.9. The van der Waals surface area contributed by atoms with Gasteiger partial charge in [0.1, 0.15) is 26.8 Å². The zero-order chi connectivity index (χ0) is 17.7. The highest BCUT2D eigenvalue weighted by atomic mass is 32.5. The van der Waals surface area contributed by atoms with E-state index in [1.54, 1.807) is 7.11 Å². The fourth-order valence-electron chi connectivity index (χ4n) is 2.80. The maximum absolute atomic E-state index is 12.4. The molecule has 0 aromatic carbocycles. The summed E-state index contributed by atoms with van der Waals surface area (Å²) in [4.78, 5) is 12.4. The highest BCUT2D eigenvalue weighted by molar-refractivity contribution is 8.06. The second-order valence-electron chi connectivity index (χ2n) is 5.71. The number of hydrogen-bond acceptors (Lipinski definition) is 8. The first-order valence-electron chi connectivity index (χ1n) is 7.65. The van der Waals surface area contributed by atoms with Crippen LogP contribution < -0.4 is 4.89 Å². The summed E-state index contributed by atoms with van der Waals surface area (Å²) in [7, 11) is 15.7. The van der Waals surface area contributed by atoms with Crippen LogP contribution in [-0.2, 0) is 39.8 Å².